The molecular formula is C18H35NO. The largest absolute Gasteiger partial charge is 0.388 e. The molecule has 1 aliphatic carbocycles. The zero-order valence-corrected chi connectivity index (χ0v) is 14.2. The van der Waals surface area contributed by atoms with Gasteiger partial charge in [0.05, 0.1) is 5.60 Å². The predicted octanol–water partition coefficient (Wildman–Crippen LogP) is 4.27. The number of aliphatic hydroxyl groups is 1. The van der Waals surface area contributed by atoms with Gasteiger partial charge in [0.25, 0.3) is 0 Å². The molecule has 2 nitrogen and oxygen atoms in total. The Morgan fingerprint density at radius 1 is 1.20 bits per heavy atom. The van der Waals surface area contributed by atoms with Crippen LogP contribution in [0.1, 0.15) is 73.1 Å². The van der Waals surface area contributed by atoms with Crippen LogP contribution in [0.25, 0.3) is 0 Å². The smallest absolute Gasteiger partial charge is 0.0828 e. The van der Waals surface area contributed by atoms with Crippen LogP contribution in [-0.2, 0) is 0 Å². The lowest BCUT2D eigenvalue weighted by molar-refractivity contribution is -0.0672. The van der Waals surface area contributed by atoms with Crippen LogP contribution in [0.3, 0.4) is 0 Å². The van der Waals surface area contributed by atoms with Crippen molar-refractivity contribution in [3.05, 3.63) is 11.6 Å². The highest BCUT2D eigenvalue weighted by Crippen LogP contribution is 2.40. The zero-order valence-electron chi connectivity index (χ0n) is 14.2. The molecule has 3 N–H and O–H groups in total. The van der Waals surface area contributed by atoms with Gasteiger partial charge in [0, 0.05) is 6.04 Å². The maximum atomic E-state index is 11.3. The molecule has 0 saturated heterocycles. The summed E-state index contributed by atoms with van der Waals surface area (Å²) < 4.78 is 0. The van der Waals surface area contributed by atoms with E-state index in [1.54, 1.807) is 0 Å². The van der Waals surface area contributed by atoms with Gasteiger partial charge in [-0.2, -0.15) is 0 Å². The van der Waals surface area contributed by atoms with Crippen LogP contribution in [0, 0.1) is 17.8 Å². The average Bonchev–Trinajstić information content (AvgIpc) is 2.38. The first kappa shape index (κ1) is 17.7. The SMILES string of the molecule is CC(C)=CC(C[C@](O)(C1CCCCC1)[C@H](C)N)C(C)C. The molecule has 3 atom stereocenters. The maximum absolute atomic E-state index is 11.3. The summed E-state index contributed by atoms with van der Waals surface area (Å²) in [6, 6.07) is -0.155. The third-order valence-corrected chi connectivity index (χ3v) is 5.07. The van der Waals surface area contributed by atoms with E-state index in [1.165, 1.54) is 24.8 Å². The van der Waals surface area contributed by atoms with Gasteiger partial charge in [-0.3, -0.25) is 0 Å². The highest BCUT2D eigenvalue weighted by molar-refractivity contribution is 5.04. The summed E-state index contributed by atoms with van der Waals surface area (Å²) in [7, 11) is 0. The summed E-state index contributed by atoms with van der Waals surface area (Å²) in [5, 5.41) is 11.3. The molecule has 1 saturated carbocycles. The Morgan fingerprint density at radius 2 is 1.75 bits per heavy atom. The van der Waals surface area contributed by atoms with Crippen LogP contribution >= 0.6 is 0 Å². The highest BCUT2D eigenvalue weighted by atomic mass is 16.3. The Morgan fingerprint density at radius 3 is 2.15 bits per heavy atom. The van der Waals surface area contributed by atoms with Gasteiger partial charge in [-0.05, 0) is 57.8 Å². The van der Waals surface area contributed by atoms with Crippen molar-refractivity contribution in [3.63, 3.8) is 0 Å². The molecule has 2 heteroatoms. The minimum Gasteiger partial charge on any atom is -0.388 e. The van der Waals surface area contributed by atoms with Crippen LogP contribution in [0.2, 0.25) is 0 Å². The first-order chi connectivity index (χ1) is 9.27. The zero-order chi connectivity index (χ0) is 15.3. The van der Waals surface area contributed by atoms with E-state index < -0.39 is 5.60 Å². The molecule has 118 valence electrons. The van der Waals surface area contributed by atoms with E-state index in [4.69, 9.17) is 5.73 Å². The fourth-order valence-corrected chi connectivity index (χ4v) is 3.62. The van der Waals surface area contributed by atoms with Gasteiger partial charge in [0.2, 0.25) is 0 Å². The summed E-state index contributed by atoms with van der Waals surface area (Å²) in [4.78, 5) is 0. The normalized spacial score (nSPS) is 23.2. The van der Waals surface area contributed by atoms with Crippen LogP contribution in [0.4, 0.5) is 0 Å². The summed E-state index contributed by atoms with van der Waals surface area (Å²) in [5.74, 6) is 1.33. The second-order valence-corrected chi connectivity index (χ2v) is 7.47. The number of hydrogen-bond acceptors (Lipinski definition) is 2. The first-order valence-electron chi connectivity index (χ1n) is 8.40. The molecule has 0 aromatic rings. The third kappa shape index (κ3) is 4.60. The van der Waals surface area contributed by atoms with Crippen molar-refractivity contribution in [2.24, 2.45) is 23.5 Å². The molecular weight excluding hydrogens is 246 g/mol. The molecule has 0 aromatic heterocycles. The van der Waals surface area contributed by atoms with Crippen LogP contribution in [-0.4, -0.2) is 16.7 Å². The molecule has 1 aliphatic rings. The molecule has 0 amide bonds. The van der Waals surface area contributed by atoms with E-state index in [0.717, 1.165) is 19.3 Å². The van der Waals surface area contributed by atoms with Crippen LogP contribution in [0.5, 0.6) is 0 Å². The van der Waals surface area contributed by atoms with Gasteiger partial charge >= 0.3 is 0 Å². The second kappa shape index (κ2) is 7.61. The summed E-state index contributed by atoms with van der Waals surface area (Å²) in [5.41, 5.74) is 6.84. The maximum Gasteiger partial charge on any atom is 0.0828 e. The monoisotopic (exact) mass is 281 g/mol. The van der Waals surface area contributed by atoms with Gasteiger partial charge in [0.15, 0.2) is 0 Å². The molecule has 0 aromatic carbocycles. The summed E-state index contributed by atoms with van der Waals surface area (Å²) in [6.07, 6.45) is 9.20. The van der Waals surface area contributed by atoms with E-state index in [2.05, 4.69) is 33.8 Å². The van der Waals surface area contributed by atoms with Crippen molar-refractivity contribution < 1.29 is 5.11 Å². The number of nitrogens with two attached hydrogens (primary N) is 1. The molecule has 0 heterocycles. The topological polar surface area (TPSA) is 46.2 Å². The van der Waals surface area contributed by atoms with Gasteiger partial charge in [-0.1, -0.05) is 44.8 Å². The summed E-state index contributed by atoms with van der Waals surface area (Å²) in [6.45, 7) is 10.7. The standard InChI is InChI=1S/C18H35NO/c1-13(2)11-16(14(3)4)12-18(20,15(5)19)17-9-7-6-8-10-17/h11,14-17,20H,6-10,12,19H2,1-5H3/t15-,16?,18+/m0/s1. The minimum absolute atomic E-state index is 0.155. The molecule has 20 heavy (non-hydrogen) atoms. The lowest BCUT2D eigenvalue weighted by atomic mass is 9.68. The lowest BCUT2D eigenvalue weighted by Gasteiger charge is -2.43. The Kier molecular flexibility index (Phi) is 6.74. The number of hydrogen-bond donors (Lipinski definition) is 2. The van der Waals surface area contributed by atoms with E-state index in [-0.39, 0.29) is 6.04 Å². The quantitative estimate of drug-likeness (QED) is 0.714. The minimum atomic E-state index is -0.707. The van der Waals surface area contributed by atoms with E-state index in [9.17, 15) is 5.11 Å². The Balaban J connectivity index is 2.90. The second-order valence-electron chi connectivity index (χ2n) is 7.47. The van der Waals surface area contributed by atoms with Gasteiger partial charge < -0.3 is 10.8 Å². The van der Waals surface area contributed by atoms with E-state index in [1.807, 2.05) is 6.92 Å². The van der Waals surface area contributed by atoms with Crippen LogP contribution < -0.4 is 5.73 Å². The average molecular weight is 281 g/mol. The van der Waals surface area contributed by atoms with E-state index in [0.29, 0.717) is 17.8 Å². The molecule has 1 unspecified atom stereocenters. The van der Waals surface area contributed by atoms with Crippen molar-refractivity contribution in [1.29, 1.82) is 0 Å². The first-order valence-corrected chi connectivity index (χ1v) is 8.40. The Hall–Kier alpha value is -0.340. The van der Waals surface area contributed by atoms with Crippen molar-refractivity contribution in [1.82, 2.24) is 0 Å². The Bertz CT molecular complexity index is 311. The highest BCUT2D eigenvalue weighted by Gasteiger charge is 2.42. The Labute approximate surface area is 125 Å². The molecule has 0 spiro atoms. The van der Waals surface area contributed by atoms with Crippen molar-refractivity contribution >= 4 is 0 Å². The molecule has 0 radical (unpaired) electrons. The van der Waals surface area contributed by atoms with E-state index >= 15 is 0 Å². The molecule has 1 fully saturated rings. The fraction of sp³-hybridized carbons (Fsp3) is 0.889. The third-order valence-electron chi connectivity index (χ3n) is 5.07. The fourth-order valence-electron chi connectivity index (χ4n) is 3.62. The van der Waals surface area contributed by atoms with Gasteiger partial charge in [-0.25, -0.2) is 0 Å². The summed E-state index contributed by atoms with van der Waals surface area (Å²) >= 11 is 0. The molecule has 0 aliphatic heterocycles. The molecule has 1 rings (SSSR count). The van der Waals surface area contributed by atoms with Crippen molar-refractivity contribution in [2.45, 2.75) is 84.8 Å². The van der Waals surface area contributed by atoms with Gasteiger partial charge in [-0.15, -0.1) is 0 Å². The van der Waals surface area contributed by atoms with Crippen molar-refractivity contribution in [3.8, 4) is 0 Å². The number of rotatable bonds is 6. The lowest BCUT2D eigenvalue weighted by Crippen LogP contribution is -2.53. The number of allylic oxidation sites excluding steroid dienone is 2. The predicted molar refractivity (Wildman–Crippen MR) is 87.6 cm³/mol. The molecule has 0 bridgehead atoms. The van der Waals surface area contributed by atoms with Crippen LogP contribution in [0.15, 0.2) is 11.6 Å². The van der Waals surface area contributed by atoms with Crippen molar-refractivity contribution in [2.75, 3.05) is 0 Å². The van der Waals surface area contributed by atoms with Gasteiger partial charge in [0.1, 0.15) is 0 Å².